The van der Waals surface area contributed by atoms with Crippen LogP contribution < -0.4 is 5.32 Å². The van der Waals surface area contributed by atoms with Crippen LogP contribution in [0.15, 0.2) is 12.2 Å². The van der Waals surface area contributed by atoms with Gasteiger partial charge in [-0.1, -0.05) is 225 Å². The first-order chi connectivity index (χ1) is 24.7. The Kier molecular flexibility index (Phi) is 36.7. The zero-order valence-corrected chi connectivity index (χ0v) is 34.4. The number of hydrogen-bond donors (Lipinski definition) is 4. The highest BCUT2D eigenvalue weighted by Crippen LogP contribution is 2.16. The first-order valence-corrected chi connectivity index (χ1v) is 23.6. The lowest BCUT2D eigenvalue weighted by atomic mass is 10.0. The van der Waals surface area contributed by atoms with E-state index in [0.29, 0.717) is 6.42 Å². The van der Waals surface area contributed by atoms with Crippen LogP contribution in [0.25, 0.3) is 0 Å². The molecule has 4 N–H and O–H groups in total. The van der Waals surface area contributed by atoms with E-state index in [0.717, 1.165) is 38.5 Å². The van der Waals surface area contributed by atoms with Crippen molar-refractivity contribution in [3.63, 3.8) is 0 Å². The lowest BCUT2D eigenvalue weighted by Gasteiger charge is -2.22. The summed E-state index contributed by atoms with van der Waals surface area (Å²) >= 11 is 0. The van der Waals surface area contributed by atoms with Crippen LogP contribution in [0.5, 0.6) is 0 Å². The van der Waals surface area contributed by atoms with Gasteiger partial charge in [0.2, 0.25) is 5.91 Å². The van der Waals surface area contributed by atoms with Crippen LogP contribution >= 0.6 is 0 Å². The molecule has 304 valence electrons. The maximum Gasteiger partial charge on any atom is 0.267 e. The Hall–Kier alpha value is -0.960. The minimum absolute atomic E-state index is 0.286. The molecule has 0 aliphatic heterocycles. The second-order valence-electron chi connectivity index (χ2n) is 15.5. The molecule has 0 saturated carbocycles. The molecule has 0 rings (SSSR count). The topological polar surface area (TPSA) is 124 Å². The van der Waals surface area contributed by atoms with Crippen LogP contribution in [0.1, 0.15) is 232 Å². The molecule has 0 fully saturated rings. The largest absolute Gasteiger partial charge is 0.387 e. The van der Waals surface area contributed by atoms with Crippen molar-refractivity contribution in [2.75, 3.05) is 5.75 Å². The summed E-state index contributed by atoms with van der Waals surface area (Å²) in [4.78, 5) is 12.6. The average Bonchev–Trinajstić information content (AvgIpc) is 3.09. The van der Waals surface area contributed by atoms with Crippen molar-refractivity contribution < 1.29 is 28.0 Å². The smallest absolute Gasteiger partial charge is 0.267 e. The number of amides is 1. The van der Waals surface area contributed by atoms with Crippen molar-refractivity contribution in [3.05, 3.63) is 12.2 Å². The second-order valence-corrected chi connectivity index (χ2v) is 17.0. The monoisotopic (exact) mass is 744 g/mol. The van der Waals surface area contributed by atoms with Crippen LogP contribution in [0.4, 0.5) is 0 Å². The molecule has 0 aliphatic carbocycles. The van der Waals surface area contributed by atoms with Gasteiger partial charge in [-0.15, -0.1) is 0 Å². The Balaban J connectivity index is 3.96. The second kappa shape index (κ2) is 37.4. The summed E-state index contributed by atoms with van der Waals surface area (Å²) in [6, 6.07) is -1.23. The van der Waals surface area contributed by atoms with E-state index in [-0.39, 0.29) is 6.42 Å². The minimum atomic E-state index is -4.44. The normalized spacial score (nSPS) is 13.9. The summed E-state index contributed by atoms with van der Waals surface area (Å²) in [6.45, 7) is 4.52. The average molecular weight is 744 g/mol. The number of carbonyl (C=O) groups excluding carboxylic acids is 1. The Morgan fingerprint density at radius 3 is 1.18 bits per heavy atom. The van der Waals surface area contributed by atoms with Gasteiger partial charge in [0.1, 0.15) is 6.10 Å². The third kappa shape index (κ3) is 37.2. The van der Waals surface area contributed by atoms with Gasteiger partial charge in [-0.05, 0) is 19.3 Å². The molecule has 0 aromatic rings. The Morgan fingerprint density at radius 2 is 0.843 bits per heavy atom. The highest BCUT2D eigenvalue weighted by atomic mass is 32.2. The number of rotatable bonds is 40. The standard InChI is InChI=1S/C43H85NO6S/c1-3-5-7-9-11-13-15-17-19-21-22-24-26-28-30-32-34-36-38-42(46)43(47)44-40(39-51(48,49)50)41(45)37-35-33-31-29-27-25-23-20-18-16-14-12-10-8-6-4-2/h35,37,40-42,45-46H,3-34,36,38-39H2,1-2H3,(H,44,47)(H,48,49,50)/b37-35+. The number of hydrogen-bond acceptors (Lipinski definition) is 5. The quantitative estimate of drug-likeness (QED) is 0.0281. The molecule has 8 heteroatoms. The van der Waals surface area contributed by atoms with Crippen molar-refractivity contribution in [3.8, 4) is 0 Å². The zero-order valence-electron chi connectivity index (χ0n) is 33.6. The molecule has 0 spiro atoms. The summed E-state index contributed by atoms with van der Waals surface area (Å²) in [5.74, 6) is -1.52. The third-order valence-corrected chi connectivity index (χ3v) is 11.1. The van der Waals surface area contributed by atoms with Crippen LogP contribution in [-0.2, 0) is 14.9 Å². The Bertz CT molecular complexity index is 880. The van der Waals surface area contributed by atoms with Crippen molar-refractivity contribution in [1.82, 2.24) is 5.32 Å². The molecule has 0 radical (unpaired) electrons. The number of unbranched alkanes of at least 4 members (excludes halogenated alkanes) is 31. The SMILES string of the molecule is CCCCCCCCCCCCCCCC/C=C/C(O)C(CS(=O)(=O)O)NC(=O)C(O)CCCCCCCCCCCCCCCCCCCC. The van der Waals surface area contributed by atoms with Gasteiger partial charge in [0, 0.05) is 0 Å². The van der Waals surface area contributed by atoms with Crippen LogP contribution in [0.2, 0.25) is 0 Å². The first kappa shape index (κ1) is 50.0. The number of aliphatic hydroxyl groups is 2. The van der Waals surface area contributed by atoms with Gasteiger partial charge in [-0.2, -0.15) is 8.42 Å². The predicted octanol–water partition coefficient (Wildman–Crippen LogP) is 11.9. The van der Waals surface area contributed by atoms with Gasteiger partial charge < -0.3 is 15.5 Å². The van der Waals surface area contributed by atoms with E-state index in [1.165, 1.54) is 173 Å². The van der Waals surface area contributed by atoms with E-state index in [1.54, 1.807) is 0 Å². The fourth-order valence-corrected chi connectivity index (χ4v) is 7.66. The van der Waals surface area contributed by atoms with Gasteiger partial charge in [0.15, 0.2) is 0 Å². The molecular formula is C43H85NO6S. The maximum absolute atomic E-state index is 12.6. The molecule has 0 aromatic heterocycles. The van der Waals surface area contributed by atoms with Crippen molar-refractivity contribution in [1.29, 1.82) is 0 Å². The molecule has 0 heterocycles. The third-order valence-electron chi connectivity index (χ3n) is 10.3. The van der Waals surface area contributed by atoms with Crippen LogP contribution in [-0.4, -0.2) is 53.1 Å². The fraction of sp³-hybridized carbons (Fsp3) is 0.930. The first-order valence-electron chi connectivity index (χ1n) is 22.0. The molecule has 1 amide bonds. The van der Waals surface area contributed by atoms with E-state index in [1.807, 2.05) is 6.08 Å². The predicted molar refractivity (Wildman–Crippen MR) is 218 cm³/mol. The highest BCUT2D eigenvalue weighted by Gasteiger charge is 2.27. The molecule has 0 aromatic carbocycles. The van der Waals surface area contributed by atoms with Gasteiger partial charge in [0.25, 0.3) is 10.1 Å². The number of carbonyl (C=O) groups is 1. The zero-order chi connectivity index (χ0) is 37.7. The summed E-state index contributed by atoms with van der Waals surface area (Å²) < 4.78 is 32.6. The van der Waals surface area contributed by atoms with Crippen LogP contribution in [0, 0.1) is 0 Å². The van der Waals surface area contributed by atoms with E-state index < -0.39 is 40.0 Å². The summed E-state index contributed by atoms with van der Waals surface area (Å²) in [5.41, 5.74) is 0. The van der Waals surface area contributed by atoms with E-state index >= 15 is 0 Å². The number of allylic oxidation sites excluding steroid dienone is 1. The van der Waals surface area contributed by atoms with Gasteiger partial charge in [-0.3, -0.25) is 9.35 Å². The molecule has 0 saturated heterocycles. The van der Waals surface area contributed by atoms with E-state index in [2.05, 4.69) is 19.2 Å². The summed E-state index contributed by atoms with van der Waals surface area (Å²) in [5, 5.41) is 23.4. The molecule has 0 bridgehead atoms. The van der Waals surface area contributed by atoms with E-state index in [9.17, 15) is 28.0 Å². The van der Waals surface area contributed by atoms with Crippen molar-refractivity contribution in [2.24, 2.45) is 0 Å². The lowest BCUT2D eigenvalue weighted by molar-refractivity contribution is -0.130. The fourth-order valence-electron chi connectivity index (χ4n) is 6.93. The molecule has 0 aliphatic rings. The summed E-state index contributed by atoms with van der Waals surface area (Å²) in [7, 11) is -4.44. The van der Waals surface area contributed by atoms with E-state index in [4.69, 9.17) is 0 Å². The van der Waals surface area contributed by atoms with Crippen LogP contribution in [0.3, 0.4) is 0 Å². The van der Waals surface area contributed by atoms with Crippen molar-refractivity contribution in [2.45, 2.75) is 250 Å². The molecule has 3 unspecified atom stereocenters. The summed E-state index contributed by atoms with van der Waals surface area (Å²) in [6.07, 6.45) is 42.6. The van der Waals surface area contributed by atoms with Crippen molar-refractivity contribution >= 4 is 16.0 Å². The number of aliphatic hydroxyl groups excluding tert-OH is 2. The molecule has 51 heavy (non-hydrogen) atoms. The van der Waals surface area contributed by atoms with Gasteiger partial charge >= 0.3 is 0 Å². The maximum atomic E-state index is 12.6. The lowest BCUT2D eigenvalue weighted by Crippen LogP contribution is -2.50. The Labute approximate surface area is 316 Å². The van der Waals surface area contributed by atoms with Gasteiger partial charge in [-0.25, -0.2) is 0 Å². The molecular weight excluding hydrogens is 659 g/mol. The Morgan fingerprint density at radius 1 is 0.529 bits per heavy atom. The van der Waals surface area contributed by atoms with Gasteiger partial charge in [0.05, 0.1) is 17.9 Å². The molecule has 3 atom stereocenters. The molecule has 7 nitrogen and oxygen atoms in total. The highest BCUT2D eigenvalue weighted by molar-refractivity contribution is 7.85. The minimum Gasteiger partial charge on any atom is -0.387 e. The number of nitrogens with one attached hydrogen (secondary N) is 1.